The molecule has 0 spiro atoms. The van der Waals surface area contributed by atoms with E-state index in [1.54, 1.807) is 11.0 Å². The molecule has 0 bridgehead atoms. The molecule has 4 atom stereocenters. The quantitative estimate of drug-likeness (QED) is 0.638. The zero-order valence-electron chi connectivity index (χ0n) is 21.8. The molecule has 0 aliphatic carbocycles. The molecule has 8 nitrogen and oxygen atoms in total. The summed E-state index contributed by atoms with van der Waals surface area (Å²) in [5, 5.41) is 0. The summed E-state index contributed by atoms with van der Waals surface area (Å²) >= 11 is 0. The van der Waals surface area contributed by atoms with Crippen molar-refractivity contribution < 1.29 is 19.1 Å². The van der Waals surface area contributed by atoms with Gasteiger partial charge in [-0.25, -0.2) is 0 Å². The zero-order chi connectivity index (χ0) is 25.5. The highest BCUT2D eigenvalue weighted by molar-refractivity contribution is 5.99. The molecule has 0 radical (unpaired) electrons. The van der Waals surface area contributed by atoms with Crippen LogP contribution < -0.4 is 10.6 Å². The third-order valence-corrected chi connectivity index (χ3v) is 8.52. The zero-order valence-corrected chi connectivity index (χ0v) is 21.8. The lowest BCUT2D eigenvalue weighted by Gasteiger charge is -2.39. The van der Waals surface area contributed by atoms with Gasteiger partial charge >= 0.3 is 0 Å². The number of hydrogen-bond donors (Lipinski definition) is 1. The van der Waals surface area contributed by atoms with Crippen LogP contribution in [0, 0.1) is 11.3 Å². The number of ether oxygens (including phenoxy) is 1. The summed E-state index contributed by atoms with van der Waals surface area (Å²) in [7, 11) is 2.11. The van der Waals surface area contributed by atoms with Crippen LogP contribution in [0.25, 0.3) is 0 Å². The minimum Gasteiger partial charge on any atom is -0.369 e. The highest BCUT2D eigenvalue weighted by Gasteiger charge is 2.54. The van der Waals surface area contributed by atoms with E-state index in [0.717, 1.165) is 44.7 Å². The van der Waals surface area contributed by atoms with Crippen molar-refractivity contribution in [2.24, 2.45) is 17.1 Å². The van der Waals surface area contributed by atoms with Gasteiger partial charge in [-0.2, -0.15) is 0 Å². The number of amides is 2. The van der Waals surface area contributed by atoms with Crippen molar-refractivity contribution in [3.05, 3.63) is 29.3 Å². The Morgan fingerprint density at radius 2 is 1.86 bits per heavy atom. The molecule has 0 aromatic heterocycles. The van der Waals surface area contributed by atoms with E-state index in [2.05, 4.69) is 44.5 Å². The van der Waals surface area contributed by atoms with Gasteiger partial charge in [0.2, 0.25) is 11.8 Å². The van der Waals surface area contributed by atoms with Gasteiger partial charge in [0.05, 0.1) is 12.0 Å². The summed E-state index contributed by atoms with van der Waals surface area (Å²) in [6, 6.07) is 5.15. The van der Waals surface area contributed by atoms with Gasteiger partial charge in [0.1, 0.15) is 12.6 Å². The number of rotatable bonds is 7. The Bertz CT molecular complexity index is 985. The number of piperazine rings is 1. The largest absolute Gasteiger partial charge is 0.369 e. The Kier molecular flexibility index (Phi) is 7.25. The van der Waals surface area contributed by atoms with Crippen LogP contribution in [-0.2, 0) is 14.3 Å². The number of hydrogen-bond acceptors (Lipinski definition) is 6. The maximum atomic E-state index is 14.4. The lowest BCUT2D eigenvalue weighted by molar-refractivity contribution is -0.140. The molecular formula is C27H40N4O4. The van der Waals surface area contributed by atoms with Crippen LogP contribution in [0.1, 0.15) is 62.4 Å². The fourth-order valence-electron chi connectivity index (χ4n) is 5.87. The Morgan fingerprint density at radius 3 is 2.46 bits per heavy atom. The van der Waals surface area contributed by atoms with Crippen LogP contribution in [0.3, 0.4) is 0 Å². The molecule has 2 amide bonds. The van der Waals surface area contributed by atoms with Gasteiger partial charge in [-0.3, -0.25) is 14.4 Å². The number of likely N-dealkylation sites (N-methyl/N-ethyl adjacent to an activating group) is 1. The number of carbonyl (C=O) groups excluding carboxylic acids is 3. The topological polar surface area (TPSA) is 96.2 Å². The summed E-state index contributed by atoms with van der Waals surface area (Å²) < 4.78 is 5.81. The highest BCUT2D eigenvalue weighted by Crippen LogP contribution is 2.45. The summed E-state index contributed by atoms with van der Waals surface area (Å²) in [5.41, 5.74) is 7.41. The Balaban J connectivity index is 1.78. The Hall–Kier alpha value is -2.45. The second kappa shape index (κ2) is 9.90. The maximum Gasteiger partial charge on any atom is 0.249 e. The number of carbonyl (C=O) groups is 3. The van der Waals surface area contributed by atoms with Crippen LogP contribution in [0.5, 0.6) is 0 Å². The molecule has 3 heterocycles. The minimum atomic E-state index is -0.605. The van der Waals surface area contributed by atoms with Gasteiger partial charge in [-0.05, 0) is 49.1 Å². The number of benzene rings is 1. The number of nitrogens with two attached hydrogens (primary N) is 1. The van der Waals surface area contributed by atoms with E-state index in [1.165, 1.54) is 0 Å². The molecule has 0 saturated carbocycles. The predicted octanol–water partition coefficient (Wildman–Crippen LogP) is 2.26. The molecule has 1 aromatic rings. The smallest absolute Gasteiger partial charge is 0.249 e. The molecule has 0 unspecified atom stereocenters. The number of Topliss-reactive ketones (excluding diaryl/α,β-unsaturated/α-hetero) is 1. The molecule has 3 aliphatic rings. The maximum absolute atomic E-state index is 14.4. The van der Waals surface area contributed by atoms with Gasteiger partial charge in [0, 0.05) is 49.9 Å². The molecule has 2 N–H and O–H groups in total. The van der Waals surface area contributed by atoms with Crippen molar-refractivity contribution in [3.8, 4) is 0 Å². The van der Waals surface area contributed by atoms with Crippen molar-refractivity contribution in [2.75, 3.05) is 51.3 Å². The fraction of sp³-hybridized carbons (Fsp3) is 0.667. The third kappa shape index (κ3) is 4.70. The number of fused-ring (bicyclic) bond motifs is 1. The van der Waals surface area contributed by atoms with E-state index in [0.29, 0.717) is 17.7 Å². The molecular weight excluding hydrogens is 444 g/mol. The molecule has 8 heteroatoms. The van der Waals surface area contributed by atoms with E-state index < -0.39 is 23.3 Å². The molecule has 35 heavy (non-hydrogen) atoms. The number of primary amides is 1. The van der Waals surface area contributed by atoms with Crippen molar-refractivity contribution in [1.29, 1.82) is 0 Å². The van der Waals surface area contributed by atoms with Crippen LogP contribution >= 0.6 is 0 Å². The molecule has 192 valence electrons. The lowest BCUT2D eigenvalue weighted by atomic mass is 9.71. The lowest BCUT2D eigenvalue weighted by Crippen LogP contribution is -2.47. The van der Waals surface area contributed by atoms with E-state index in [9.17, 15) is 14.4 Å². The predicted molar refractivity (Wildman–Crippen MR) is 136 cm³/mol. The van der Waals surface area contributed by atoms with E-state index >= 15 is 0 Å². The summed E-state index contributed by atoms with van der Waals surface area (Å²) in [6.45, 7) is 12.4. The van der Waals surface area contributed by atoms with Crippen molar-refractivity contribution in [1.82, 2.24) is 9.80 Å². The first-order valence-corrected chi connectivity index (χ1v) is 12.9. The summed E-state index contributed by atoms with van der Waals surface area (Å²) in [6.07, 6.45) is 1.32. The second-order valence-electron chi connectivity index (χ2n) is 11.0. The van der Waals surface area contributed by atoms with Crippen molar-refractivity contribution >= 4 is 23.3 Å². The van der Waals surface area contributed by atoms with Crippen LogP contribution in [-0.4, -0.2) is 85.9 Å². The van der Waals surface area contributed by atoms with Crippen molar-refractivity contribution in [2.45, 2.75) is 58.6 Å². The standard InChI is InChI=1S/C27H40N4O4/c1-6-17-15-31(23-21(32)16-35-24(17)23)26(34)22(27(3,4)7-2)20-14-18(8-9-19(20)25(28)33)30-12-10-29(5)11-13-30/h8-9,14,17,22-24H,6-7,10-13,15-16H2,1-5H3,(H2,28,33)/t17-,22+,23-,24-/m1/s1. The van der Waals surface area contributed by atoms with E-state index in [1.807, 2.05) is 12.1 Å². The average molecular weight is 485 g/mol. The first-order valence-electron chi connectivity index (χ1n) is 12.9. The number of ketones is 1. The van der Waals surface area contributed by atoms with Crippen molar-refractivity contribution in [3.63, 3.8) is 0 Å². The van der Waals surface area contributed by atoms with Gasteiger partial charge < -0.3 is 25.2 Å². The van der Waals surface area contributed by atoms with Gasteiger partial charge in [-0.15, -0.1) is 0 Å². The molecule has 1 aromatic carbocycles. The van der Waals surface area contributed by atoms with Crippen LogP contribution in [0.2, 0.25) is 0 Å². The summed E-state index contributed by atoms with van der Waals surface area (Å²) in [5.74, 6) is -1.16. The normalized spacial score (nSPS) is 26.2. The average Bonchev–Trinajstić information content (AvgIpc) is 3.39. The second-order valence-corrected chi connectivity index (χ2v) is 11.0. The monoisotopic (exact) mass is 484 g/mol. The summed E-state index contributed by atoms with van der Waals surface area (Å²) in [4.78, 5) is 46.0. The number of likely N-dealkylation sites (tertiary alicyclic amines) is 1. The SMILES string of the molecule is CC[C@@H]1CN(C(=O)[C@H](c2cc(N3CCN(C)CC3)ccc2C(N)=O)C(C)(C)CC)[C@@H]2C(=O)CO[C@H]12. The van der Waals surface area contributed by atoms with Gasteiger partial charge in [0.25, 0.3) is 0 Å². The molecule has 4 rings (SSSR count). The molecule has 3 aliphatic heterocycles. The first kappa shape index (κ1) is 25.6. The van der Waals surface area contributed by atoms with Crippen LogP contribution in [0.15, 0.2) is 18.2 Å². The molecule has 3 fully saturated rings. The van der Waals surface area contributed by atoms with Crippen LogP contribution in [0.4, 0.5) is 5.69 Å². The van der Waals surface area contributed by atoms with E-state index in [-0.39, 0.29) is 30.3 Å². The minimum absolute atomic E-state index is 0.0336. The Labute approximate surface area is 208 Å². The van der Waals surface area contributed by atoms with Gasteiger partial charge in [0.15, 0.2) is 5.78 Å². The fourth-order valence-corrected chi connectivity index (χ4v) is 5.87. The third-order valence-electron chi connectivity index (χ3n) is 8.52. The van der Waals surface area contributed by atoms with Gasteiger partial charge in [-0.1, -0.05) is 27.7 Å². The first-order chi connectivity index (χ1) is 16.6. The number of nitrogens with zero attached hydrogens (tertiary/aromatic N) is 3. The van der Waals surface area contributed by atoms with E-state index in [4.69, 9.17) is 10.5 Å². The highest BCUT2D eigenvalue weighted by atomic mass is 16.5. The Morgan fingerprint density at radius 1 is 1.17 bits per heavy atom. The molecule has 3 saturated heterocycles. The number of anilines is 1.